The monoisotopic (exact) mass is 452 g/mol. The average molecular weight is 453 g/mol. The van der Waals surface area contributed by atoms with Gasteiger partial charge in [-0.05, 0) is 62.2 Å². The standard InChI is InChI=1S/C24H24N2O5S/c1-16-7-10-20(11-8-16)32(28,29)26(21-6-4-5-17(2)18(21)3)14-24(27)25-19-9-12-22-23(13-19)31-15-30-22/h4-13H,14-15H2,1-3H3,(H,25,27). The number of hydrogen-bond donors (Lipinski definition) is 1. The van der Waals surface area contributed by atoms with Crippen molar-refractivity contribution in [2.24, 2.45) is 0 Å². The van der Waals surface area contributed by atoms with Gasteiger partial charge in [0.15, 0.2) is 11.5 Å². The summed E-state index contributed by atoms with van der Waals surface area (Å²) in [5, 5.41) is 2.76. The molecule has 0 spiro atoms. The van der Waals surface area contributed by atoms with Crippen molar-refractivity contribution < 1.29 is 22.7 Å². The highest BCUT2D eigenvalue weighted by molar-refractivity contribution is 7.92. The van der Waals surface area contributed by atoms with E-state index >= 15 is 0 Å². The Labute approximate surface area is 187 Å². The number of ether oxygens (including phenoxy) is 2. The van der Waals surface area contributed by atoms with Crippen molar-refractivity contribution in [1.82, 2.24) is 0 Å². The van der Waals surface area contributed by atoms with E-state index in [0.717, 1.165) is 21.0 Å². The van der Waals surface area contributed by atoms with E-state index in [0.29, 0.717) is 22.9 Å². The van der Waals surface area contributed by atoms with E-state index < -0.39 is 15.9 Å². The van der Waals surface area contributed by atoms with Crippen molar-refractivity contribution in [3.63, 3.8) is 0 Å². The van der Waals surface area contributed by atoms with Gasteiger partial charge in [-0.25, -0.2) is 8.42 Å². The highest BCUT2D eigenvalue weighted by Crippen LogP contribution is 2.34. The zero-order valence-corrected chi connectivity index (χ0v) is 18.9. The predicted molar refractivity (Wildman–Crippen MR) is 123 cm³/mol. The number of rotatable bonds is 6. The SMILES string of the molecule is Cc1ccc(S(=O)(=O)N(CC(=O)Nc2ccc3c(c2)OCO3)c2cccc(C)c2C)cc1. The van der Waals surface area contributed by atoms with Crippen molar-refractivity contribution in [3.05, 3.63) is 77.4 Å². The van der Waals surface area contributed by atoms with Gasteiger partial charge < -0.3 is 14.8 Å². The summed E-state index contributed by atoms with van der Waals surface area (Å²) in [5.41, 5.74) is 3.63. The molecule has 1 N–H and O–H groups in total. The summed E-state index contributed by atoms with van der Waals surface area (Å²) in [6, 6.07) is 17.0. The minimum absolute atomic E-state index is 0.125. The molecule has 1 amide bonds. The van der Waals surface area contributed by atoms with Crippen LogP contribution in [0.25, 0.3) is 0 Å². The molecule has 0 saturated heterocycles. The minimum atomic E-state index is -3.98. The van der Waals surface area contributed by atoms with Crippen LogP contribution in [0.3, 0.4) is 0 Å². The Morgan fingerprint density at radius 2 is 1.69 bits per heavy atom. The Balaban J connectivity index is 1.67. The maximum atomic E-state index is 13.6. The molecule has 8 heteroatoms. The molecular weight excluding hydrogens is 428 g/mol. The zero-order valence-electron chi connectivity index (χ0n) is 18.1. The van der Waals surface area contributed by atoms with Gasteiger partial charge in [-0.3, -0.25) is 9.10 Å². The van der Waals surface area contributed by atoms with E-state index in [1.54, 1.807) is 54.6 Å². The third kappa shape index (κ3) is 4.27. The lowest BCUT2D eigenvalue weighted by atomic mass is 10.1. The van der Waals surface area contributed by atoms with Crippen LogP contribution in [-0.4, -0.2) is 27.7 Å². The number of carbonyl (C=O) groups excluding carboxylic acids is 1. The molecule has 0 saturated carbocycles. The van der Waals surface area contributed by atoms with E-state index in [2.05, 4.69) is 5.32 Å². The largest absolute Gasteiger partial charge is 0.454 e. The number of anilines is 2. The Morgan fingerprint density at radius 3 is 2.44 bits per heavy atom. The van der Waals surface area contributed by atoms with E-state index in [4.69, 9.17) is 9.47 Å². The second-order valence-corrected chi connectivity index (χ2v) is 9.52. The van der Waals surface area contributed by atoms with Crippen LogP contribution in [0.15, 0.2) is 65.6 Å². The van der Waals surface area contributed by atoms with Crippen LogP contribution in [-0.2, 0) is 14.8 Å². The maximum absolute atomic E-state index is 13.6. The number of nitrogens with one attached hydrogen (secondary N) is 1. The van der Waals surface area contributed by atoms with E-state index in [9.17, 15) is 13.2 Å². The van der Waals surface area contributed by atoms with Gasteiger partial charge in [-0.15, -0.1) is 0 Å². The number of benzene rings is 3. The Morgan fingerprint density at radius 1 is 0.969 bits per heavy atom. The van der Waals surface area contributed by atoms with Crippen LogP contribution < -0.4 is 19.1 Å². The highest BCUT2D eigenvalue weighted by Gasteiger charge is 2.28. The zero-order chi connectivity index (χ0) is 22.9. The summed E-state index contributed by atoms with van der Waals surface area (Å²) < 4.78 is 38.9. The fourth-order valence-corrected chi connectivity index (χ4v) is 4.93. The Hall–Kier alpha value is -3.52. The van der Waals surface area contributed by atoms with Crippen LogP contribution in [0.4, 0.5) is 11.4 Å². The van der Waals surface area contributed by atoms with Crippen LogP contribution in [0.5, 0.6) is 11.5 Å². The van der Waals surface area contributed by atoms with E-state index in [1.165, 1.54) is 0 Å². The molecule has 1 heterocycles. The van der Waals surface area contributed by atoms with Gasteiger partial charge in [-0.2, -0.15) is 0 Å². The minimum Gasteiger partial charge on any atom is -0.454 e. The topological polar surface area (TPSA) is 84.9 Å². The lowest BCUT2D eigenvalue weighted by molar-refractivity contribution is -0.114. The second kappa shape index (κ2) is 8.55. The molecule has 0 aliphatic carbocycles. The molecular formula is C24H24N2O5S. The fraction of sp³-hybridized carbons (Fsp3) is 0.208. The van der Waals surface area contributed by atoms with Gasteiger partial charge in [0.1, 0.15) is 6.54 Å². The summed E-state index contributed by atoms with van der Waals surface area (Å²) in [7, 11) is -3.98. The summed E-state index contributed by atoms with van der Waals surface area (Å²) in [6.45, 7) is 5.38. The molecule has 1 aliphatic rings. The molecule has 7 nitrogen and oxygen atoms in total. The molecule has 3 aromatic carbocycles. The van der Waals surface area contributed by atoms with Crippen LogP contribution in [0.1, 0.15) is 16.7 Å². The predicted octanol–water partition coefficient (Wildman–Crippen LogP) is 4.17. The lowest BCUT2D eigenvalue weighted by Gasteiger charge is -2.26. The Kier molecular flexibility index (Phi) is 5.80. The molecule has 3 aromatic rings. The van der Waals surface area contributed by atoms with Gasteiger partial charge in [0.25, 0.3) is 10.0 Å². The highest BCUT2D eigenvalue weighted by atomic mass is 32.2. The molecule has 0 unspecified atom stereocenters. The molecule has 1 aliphatic heterocycles. The first-order valence-electron chi connectivity index (χ1n) is 10.1. The number of amides is 1. The number of fused-ring (bicyclic) bond motifs is 1. The average Bonchev–Trinajstić information content (AvgIpc) is 3.22. The van der Waals surface area contributed by atoms with Crippen molar-refractivity contribution in [3.8, 4) is 11.5 Å². The fourth-order valence-electron chi connectivity index (χ4n) is 3.45. The van der Waals surface area contributed by atoms with Crippen LogP contribution >= 0.6 is 0 Å². The molecule has 4 rings (SSSR count). The van der Waals surface area contributed by atoms with Gasteiger partial charge >= 0.3 is 0 Å². The number of sulfonamides is 1. The number of aryl methyl sites for hydroxylation is 2. The number of hydrogen-bond acceptors (Lipinski definition) is 5. The van der Waals surface area contributed by atoms with Gasteiger partial charge in [0, 0.05) is 11.8 Å². The van der Waals surface area contributed by atoms with Gasteiger partial charge in [0.05, 0.1) is 10.6 Å². The third-order valence-electron chi connectivity index (χ3n) is 5.40. The summed E-state index contributed by atoms with van der Waals surface area (Å²) >= 11 is 0. The molecule has 0 bridgehead atoms. The van der Waals surface area contributed by atoms with Crippen molar-refractivity contribution in [1.29, 1.82) is 0 Å². The normalized spacial score (nSPS) is 12.5. The molecule has 0 fully saturated rings. The van der Waals surface area contributed by atoms with Crippen molar-refractivity contribution in [2.75, 3.05) is 23.0 Å². The maximum Gasteiger partial charge on any atom is 0.264 e. The summed E-state index contributed by atoms with van der Waals surface area (Å²) in [4.78, 5) is 13.1. The molecule has 0 radical (unpaired) electrons. The van der Waals surface area contributed by atoms with Crippen LogP contribution in [0.2, 0.25) is 0 Å². The smallest absolute Gasteiger partial charge is 0.264 e. The Bertz CT molecular complexity index is 1270. The first-order chi connectivity index (χ1) is 15.3. The third-order valence-corrected chi connectivity index (χ3v) is 7.17. The first-order valence-corrected chi connectivity index (χ1v) is 11.5. The second-order valence-electron chi connectivity index (χ2n) is 7.66. The molecule has 0 aromatic heterocycles. The first kappa shape index (κ1) is 21.7. The molecule has 32 heavy (non-hydrogen) atoms. The van der Waals surface area contributed by atoms with E-state index in [-0.39, 0.29) is 18.2 Å². The quantitative estimate of drug-likeness (QED) is 0.607. The van der Waals surface area contributed by atoms with E-state index in [1.807, 2.05) is 26.8 Å². The number of carbonyl (C=O) groups is 1. The van der Waals surface area contributed by atoms with Gasteiger partial charge in [0.2, 0.25) is 12.7 Å². The summed E-state index contributed by atoms with van der Waals surface area (Å²) in [6.07, 6.45) is 0. The van der Waals surface area contributed by atoms with Gasteiger partial charge in [-0.1, -0.05) is 29.8 Å². The number of nitrogens with zero attached hydrogens (tertiary/aromatic N) is 1. The summed E-state index contributed by atoms with van der Waals surface area (Å²) in [5.74, 6) is 0.656. The van der Waals surface area contributed by atoms with Crippen molar-refractivity contribution >= 4 is 27.3 Å². The lowest BCUT2D eigenvalue weighted by Crippen LogP contribution is -2.38. The molecule has 166 valence electrons. The van der Waals surface area contributed by atoms with Crippen LogP contribution in [0, 0.1) is 20.8 Å². The molecule has 0 atom stereocenters. The van der Waals surface area contributed by atoms with Crippen molar-refractivity contribution in [2.45, 2.75) is 25.7 Å².